The zero-order valence-corrected chi connectivity index (χ0v) is 7.46. The Morgan fingerprint density at radius 2 is 0.500 bits per heavy atom. The summed E-state index contributed by atoms with van der Waals surface area (Å²) in [5.74, 6) is 0. The molecule has 0 N–H and O–H groups in total. The summed E-state index contributed by atoms with van der Waals surface area (Å²) in [5, 5.41) is 0. The highest BCUT2D eigenvalue weighted by atomic mass is 13.6. The van der Waals surface area contributed by atoms with E-state index in [1.54, 1.807) is 0 Å². The largest absolute Gasteiger partial charge is 0.0776 e. The first-order valence-electron chi connectivity index (χ1n) is 4.00. The minimum absolute atomic E-state index is 0. The molecule has 0 aromatic heterocycles. The highest BCUT2D eigenvalue weighted by Crippen LogP contribution is 1.79. The highest BCUT2D eigenvalue weighted by Gasteiger charge is 1.57. The van der Waals surface area contributed by atoms with Gasteiger partial charge in [-0.15, -0.1) is 0 Å². The maximum absolute atomic E-state index is 2.00. The topological polar surface area (TPSA) is 0 Å². The lowest BCUT2D eigenvalue weighted by Gasteiger charge is -1.69. The first-order valence-corrected chi connectivity index (χ1v) is 4.00. The average molecular weight is 170 g/mol. The summed E-state index contributed by atoms with van der Waals surface area (Å²) in [4.78, 5) is 0. The van der Waals surface area contributed by atoms with E-state index in [1.807, 2.05) is 64.1 Å². The molecular weight excluding hydrogens is 144 g/mol. The molecule has 1 aromatic carbocycles. The van der Waals surface area contributed by atoms with Crippen LogP contribution in [0.1, 0.15) is 42.5 Å². The Morgan fingerprint density at radius 1 is 0.417 bits per heavy atom. The second-order valence-electron chi connectivity index (χ2n) is 1.15. The second kappa shape index (κ2) is 31.9. The van der Waals surface area contributed by atoms with Gasteiger partial charge in [0.25, 0.3) is 0 Å². The second-order valence-corrected chi connectivity index (χ2v) is 1.15. The van der Waals surface area contributed by atoms with Crippen LogP contribution in [0.4, 0.5) is 0 Å². The van der Waals surface area contributed by atoms with E-state index in [4.69, 9.17) is 0 Å². The zero-order chi connectivity index (χ0) is 8.24. The van der Waals surface area contributed by atoms with Gasteiger partial charge in [0.15, 0.2) is 0 Å². The van der Waals surface area contributed by atoms with E-state index in [-0.39, 0.29) is 14.9 Å². The number of hydrogen-bond acceptors (Lipinski definition) is 0. The lowest BCUT2D eigenvalue weighted by atomic mass is 10.4. The summed E-state index contributed by atoms with van der Waals surface area (Å²) in [5.41, 5.74) is 0. The van der Waals surface area contributed by atoms with Gasteiger partial charge in [-0.1, -0.05) is 78.9 Å². The fraction of sp³-hybridized carbons (Fsp3) is 0.500. The molecule has 1 aromatic rings. The monoisotopic (exact) mass is 170 g/mol. The molecule has 0 heteroatoms. The van der Waals surface area contributed by atoms with Crippen molar-refractivity contribution in [2.75, 3.05) is 0 Å². The van der Waals surface area contributed by atoms with Crippen LogP contribution in [0.3, 0.4) is 0 Å². The Hall–Kier alpha value is -0.780. The van der Waals surface area contributed by atoms with E-state index in [1.165, 1.54) is 0 Å². The molecule has 0 aliphatic rings. The maximum atomic E-state index is 2.00. The van der Waals surface area contributed by atoms with Crippen LogP contribution in [0.5, 0.6) is 0 Å². The quantitative estimate of drug-likeness (QED) is 0.513. The molecule has 0 unspecified atom stereocenters. The van der Waals surface area contributed by atoms with Gasteiger partial charge in [-0.05, 0) is 0 Å². The summed E-state index contributed by atoms with van der Waals surface area (Å²) in [7, 11) is 0. The van der Waals surface area contributed by atoms with E-state index < -0.39 is 0 Å². The molecule has 0 fully saturated rings. The predicted molar refractivity (Wildman–Crippen MR) is 62.6 cm³/mol. The van der Waals surface area contributed by atoms with Crippen LogP contribution in [0.15, 0.2) is 36.4 Å². The Labute approximate surface area is 79.6 Å². The van der Waals surface area contributed by atoms with E-state index in [2.05, 4.69) is 0 Å². The lowest BCUT2D eigenvalue weighted by Crippen LogP contribution is -1.47. The number of benzene rings is 1. The predicted octanol–water partition coefficient (Wildman–Crippen LogP) is 5.01. The Morgan fingerprint density at radius 3 is 0.583 bits per heavy atom. The van der Waals surface area contributed by atoms with Crippen LogP contribution in [0, 0.1) is 0 Å². The standard InChI is InChI=1S/C6H6.2C2H6.2CH4/c1-2-4-6-5-3-1;2*1-2;;/h1-6H;2*1-2H3;2*1H4. The SMILES string of the molecule is C.C.CC.CC.c1ccccc1. The van der Waals surface area contributed by atoms with Gasteiger partial charge in [-0.2, -0.15) is 0 Å². The van der Waals surface area contributed by atoms with Crippen LogP contribution < -0.4 is 0 Å². The molecule has 0 saturated carbocycles. The van der Waals surface area contributed by atoms with Gasteiger partial charge in [0.05, 0.1) is 0 Å². The van der Waals surface area contributed by atoms with Crippen molar-refractivity contribution in [1.29, 1.82) is 0 Å². The van der Waals surface area contributed by atoms with Gasteiger partial charge >= 0.3 is 0 Å². The van der Waals surface area contributed by atoms with Gasteiger partial charge in [0.1, 0.15) is 0 Å². The number of rotatable bonds is 0. The van der Waals surface area contributed by atoms with Gasteiger partial charge in [-0.25, -0.2) is 0 Å². The summed E-state index contributed by atoms with van der Waals surface area (Å²) < 4.78 is 0. The molecule has 74 valence electrons. The molecule has 0 bridgehead atoms. The molecule has 0 heterocycles. The highest BCUT2D eigenvalue weighted by molar-refractivity contribution is 4.99. The molecule has 0 aliphatic carbocycles. The fourth-order valence-electron chi connectivity index (χ4n) is 0.385. The van der Waals surface area contributed by atoms with Gasteiger partial charge in [-0.3, -0.25) is 0 Å². The molecule has 1 rings (SSSR count). The van der Waals surface area contributed by atoms with Crippen LogP contribution in [0.25, 0.3) is 0 Å². The van der Waals surface area contributed by atoms with Gasteiger partial charge in [0.2, 0.25) is 0 Å². The Kier molecular flexibility index (Phi) is 59.7. The van der Waals surface area contributed by atoms with Crippen LogP contribution in [0.2, 0.25) is 0 Å². The van der Waals surface area contributed by atoms with Crippen molar-refractivity contribution in [2.45, 2.75) is 42.5 Å². The van der Waals surface area contributed by atoms with E-state index >= 15 is 0 Å². The molecule has 0 saturated heterocycles. The molecule has 0 radical (unpaired) electrons. The zero-order valence-electron chi connectivity index (χ0n) is 7.46. The third kappa shape index (κ3) is 22.9. The normalized spacial score (nSPS) is 5.00. The molecule has 0 amide bonds. The lowest BCUT2D eigenvalue weighted by molar-refractivity contribution is 1.50. The summed E-state index contributed by atoms with van der Waals surface area (Å²) in [6.07, 6.45) is 0. The first kappa shape index (κ1) is 22.5. The molecule has 0 nitrogen and oxygen atoms in total. The van der Waals surface area contributed by atoms with E-state index in [0.29, 0.717) is 0 Å². The Bertz CT molecular complexity index is 72.0. The van der Waals surface area contributed by atoms with Crippen LogP contribution in [-0.2, 0) is 0 Å². The maximum Gasteiger partial charge on any atom is -0.0623 e. The minimum atomic E-state index is 0. The van der Waals surface area contributed by atoms with E-state index in [9.17, 15) is 0 Å². The van der Waals surface area contributed by atoms with Crippen molar-refractivity contribution in [3.63, 3.8) is 0 Å². The average Bonchev–Trinajstić information content (AvgIpc) is 2.14. The molecular formula is C12H26. The fourth-order valence-corrected chi connectivity index (χ4v) is 0.385. The van der Waals surface area contributed by atoms with Crippen molar-refractivity contribution in [2.24, 2.45) is 0 Å². The molecule has 0 atom stereocenters. The number of hydrogen-bond donors (Lipinski definition) is 0. The van der Waals surface area contributed by atoms with Gasteiger partial charge < -0.3 is 0 Å². The van der Waals surface area contributed by atoms with Crippen molar-refractivity contribution in [3.8, 4) is 0 Å². The molecule has 0 aliphatic heterocycles. The van der Waals surface area contributed by atoms with Crippen molar-refractivity contribution < 1.29 is 0 Å². The van der Waals surface area contributed by atoms with Gasteiger partial charge in [0, 0.05) is 0 Å². The molecule has 12 heavy (non-hydrogen) atoms. The Balaban J connectivity index is -0.0000000480. The van der Waals surface area contributed by atoms with Crippen molar-refractivity contribution in [1.82, 2.24) is 0 Å². The third-order valence-electron chi connectivity index (χ3n) is 0.667. The van der Waals surface area contributed by atoms with Crippen molar-refractivity contribution in [3.05, 3.63) is 36.4 Å². The first-order chi connectivity index (χ1) is 5.00. The molecule has 0 spiro atoms. The van der Waals surface area contributed by atoms with Crippen LogP contribution in [-0.4, -0.2) is 0 Å². The van der Waals surface area contributed by atoms with Crippen LogP contribution >= 0.6 is 0 Å². The third-order valence-corrected chi connectivity index (χ3v) is 0.667. The van der Waals surface area contributed by atoms with E-state index in [0.717, 1.165) is 0 Å². The smallest absolute Gasteiger partial charge is 0.0623 e. The van der Waals surface area contributed by atoms with Crippen molar-refractivity contribution >= 4 is 0 Å². The summed E-state index contributed by atoms with van der Waals surface area (Å²) in [6.45, 7) is 8.00. The summed E-state index contributed by atoms with van der Waals surface area (Å²) >= 11 is 0. The summed E-state index contributed by atoms with van der Waals surface area (Å²) in [6, 6.07) is 12.0. The minimum Gasteiger partial charge on any atom is -0.0776 e.